The molecule has 0 saturated carbocycles. The minimum atomic E-state index is -0.692. The molecule has 0 spiro atoms. The Morgan fingerprint density at radius 1 is 1.53 bits per heavy atom. The summed E-state index contributed by atoms with van der Waals surface area (Å²) in [6, 6.07) is 4.56. The Balaban J connectivity index is 2.25. The van der Waals surface area contributed by atoms with E-state index in [9.17, 15) is 14.9 Å². The van der Waals surface area contributed by atoms with Gasteiger partial charge in [0.25, 0.3) is 5.69 Å². The number of carbonyl (C=O) groups is 1. The van der Waals surface area contributed by atoms with Gasteiger partial charge in [-0.15, -0.1) is 0 Å². The summed E-state index contributed by atoms with van der Waals surface area (Å²) < 4.78 is 4.80. The first-order valence-electron chi connectivity index (χ1n) is 5.98. The molecular formula is C13H16N2O4. The van der Waals surface area contributed by atoms with Gasteiger partial charge in [-0.25, -0.2) is 0 Å². The zero-order valence-corrected chi connectivity index (χ0v) is 11.1. The van der Waals surface area contributed by atoms with E-state index >= 15 is 0 Å². The molecule has 1 heterocycles. The molecule has 1 aromatic carbocycles. The Bertz CT molecular complexity index is 539. The maximum atomic E-state index is 11.8. The zero-order chi connectivity index (χ0) is 14.2. The van der Waals surface area contributed by atoms with Gasteiger partial charge in [0, 0.05) is 23.9 Å². The van der Waals surface area contributed by atoms with Crippen LogP contribution in [0.3, 0.4) is 0 Å². The second-order valence-electron chi connectivity index (χ2n) is 5.21. The van der Waals surface area contributed by atoms with Crippen LogP contribution in [0.5, 0.6) is 0 Å². The molecule has 0 fully saturated rings. The molecule has 2 rings (SSSR count). The summed E-state index contributed by atoms with van der Waals surface area (Å²) in [5.74, 6) is -0.299. The molecule has 0 saturated heterocycles. The Labute approximate surface area is 110 Å². The average molecular weight is 264 g/mol. The number of nitro groups is 1. The van der Waals surface area contributed by atoms with Crippen LogP contribution >= 0.6 is 0 Å². The monoisotopic (exact) mass is 264 g/mol. The summed E-state index contributed by atoms with van der Waals surface area (Å²) in [6.07, 6.45) is 0.569. The van der Waals surface area contributed by atoms with Crippen LogP contribution in [-0.2, 0) is 16.0 Å². The number of nitro benzene ring substituents is 1. The Morgan fingerprint density at radius 2 is 2.21 bits per heavy atom. The Morgan fingerprint density at radius 3 is 2.79 bits per heavy atom. The second-order valence-corrected chi connectivity index (χ2v) is 5.21. The molecule has 0 amide bonds. The molecule has 0 aromatic heterocycles. The lowest BCUT2D eigenvalue weighted by Gasteiger charge is -2.28. The molecule has 6 nitrogen and oxygen atoms in total. The minimum absolute atomic E-state index is 0.0667. The lowest BCUT2D eigenvalue weighted by atomic mass is 9.83. The van der Waals surface area contributed by atoms with Gasteiger partial charge in [-0.2, -0.15) is 0 Å². The van der Waals surface area contributed by atoms with E-state index in [0.29, 0.717) is 6.42 Å². The number of methoxy groups -OCH3 is 1. The van der Waals surface area contributed by atoms with Crippen LogP contribution in [-0.4, -0.2) is 24.0 Å². The van der Waals surface area contributed by atoms with Crippen molar-refractivity contribution in [2.45, 2.75) is 26.3 Å². The van der Waals surface area contributed by atoms with Crippen LogP contribution in [0.4, 0.5) is 11.4 Å². The predicted octanol–water partition coefficient (Wildman–Crippen LogP) is 2.13. The van der Waals surface area contributed by atoms with Crippen LogP contribution in [0.2, 0.25) is 0 Å². The highest BCUT2D eigenvalue weighted by Crippen LogP contribution is 2.37. The van der Waals surface area contributed by atoms with Gasteiger partial charge >= 0.3 is 5.97 Å². The fourth-order valence-electron chi connectivity index (χ4n) is 2.30. The van der Waals surface area contributed by atoms with E-state index < -0.39 is 10.3 Å². The number of nitrogens with one attached hydrogen (secondary N) is 1. The molecule has 1 aliphatic heterocycles. The summed E-state index contributed by atoms with van der Waals surface area (Å²) in [7, 11) is 1.36. The van der Waals surface area contributed by atoms with Crippen molar-refractivity contribution in [2.24, 2.45) is 5.41 Å². The molecule has 1 N–H and O–H groups in total. The molecule has 102 valence electrons. The summed E-state index contributed by atoms with van der Waals surface area (Å²) in [6.45, 7) is 3.60. The summed E-state index contributed by atoms with van der Waals surface area (Å²) >= 11 is 0. The van der Waals surface area contributed by atoms with E-state index in [1.165, 1.54) is 13.2 Å². The fourth-order valence-corrected chi connectivity index (χ4v) is 2.30. The lowest BCUT2D eigenvalue weighted by molar-refractivity contribution is -0.384. The lowest BCUT2D eigenvalue weighted by Crippen LogP contribution is -2.41. The maximum absolute atomic E-state index is 11.8. The number of esters is 1. The second kappa shape index (κ2) is 4.53. The fraction of sp³-hybridized carbons (Fsp3) is 0.462. The molecule has 0 aliphatic carbocycles. The first-order valence-corrected chi connectivity index (χ1v) is 5.98. The maximum Gasteiger partial charge on any atom is 0.313 e. The number of rotatable bonds is 3. The van der Waals surface area contributed by atoms with Crippen LogP contribution in [0.25, 0.3) is 0 Å². The number of nitrogens with zero attached hydrogens (tertiary/aromatic N) is 1. The van der Waals surface area contributed by atoms with Crippen LogP contribution in [0, 0.1) is 15.5 Å². The first kappa shape index (κ1) is 13.3. The third-order valence-electron chi connectivity index (χ3n) is 3.64. The van der Waals surface area contributed by atoms with Crippen molar-refractivity contribution in [3.63, 3.8) is 0 Å². The van der Waals surface area contributed by atoms with Gasteiger partial charge in [-0.3, -0.25) is 14.9 Å². The first-order chi connectivity index (χ1) is 8.86. The standard InChI is InChI=1S/C13H16N2O4/c1-13(2,12(16)19-3)11-7-8-6-9(15(17)18)4-5-10(8)14-11/h4-6,11,14H,7H2,1-3H3. The van der Waals surface area contributed by atoms with Crippen LogP contribution < -0.4 is 5.32 Å². The quantitative estimate of drug-likeness (QED) is 0.514. The smallest absolute Gasteiger partial charge is 0.313 e. The van der Waals surface area contributed by atoms with E-state index in [2.05, 4.69) is 5.32 Å². The molecule has 19 heavy (non-hydrogen) atoms. The third kappa shape index (κ3) is 2.25. The van der Waals surface area contributed by atoms with E-state index in [1.54, 1.807) is 26.0 Å². The number of benzene rings is 1. The predicted molar refractivity (Wildman–Crippen MR) is 70.0 cm³/mol. The molecule has 1 atom stereocenters. The molecule has 1 aliphatic rings. The molecule has 1 unspecified atom stereocenters. The zero-order valence-electron chi connectivity index (χ0n) is 11.1. The third-order valence-corrected chi connectivity index (χ3v) is 3.64. The van der Waals surface area contributed by atoms with E-state index in [-0.39, 0.29) is 17.7 Å². The van der Waals surface area contributed by atoms with Gasteiger partial charge in [0.15, 0.2) is 0 Å². The van der Waals surface area contributed by atoms with E-state index in [0.717, 1.165) is 11.3 Å². The number of ether oxygens (including phenoxy) is 1. The molecule has 0 bridgehead atoms. The highest BCUT2D eigenvalue weighted by molar-refractivity contribution is 5.78. The van der Waals surface area contributed by atoms with Gasteiger partial charge in [0.1, 0.15) is 0 Å². The van der Waals surface area contributed by atoms with Gasteiger partial charge in [-0.1, -0.05) is 0 Å². The number of hydrogen-bond acceptors (Lipinski definition) is 5. The average Bonchev–Trinajstić information content (AvgIpc) is 2.80. The van der Waals surface area contributed by atoms with Crippen molar-refractivity contribution in [3.8, 4) is 0 Å². The van der Waals surface area contributed by atoms with Crippen LogP contribution in [0.1, 0.15) is 19.4 Å². The van der Waals surface area contributed by atoms with Crippen molar-refractivity contribution in [2.75, 3.05) is 12.4 Å². The molecule has 0 radical (unpaired) electrons. The molecular weight excluding hydrogens is 248 g/mol. The highest BCUT2D eigenvalue weighted by atomic mass is 16.6. The Kier molecular flexibility index (Phi) is 3.18. The molecule has 1 aromatic rings. The van der Waals surface area contributed by atoms with Crippen LogP contribution in [0.15, 0.2) is 18.2 Å². The number of non-ortho nitro benzene ring substituents is 1. The van der Waals surface area contributed by atoms with Gasteiger partial charge in [0.05, 0.1) is 17.4 Å². The summed E-state index contributed by atoms with van der Waals surface area (Å²) in [4.78, 5) is 22.1. The topological polar surface area (TPSA) is 81.5 Å². The largest absolute Gasteiger partial charge is 0.469 e. The van der Waals surface area contributed by atoms with E-state index in [1.807, 2.05) is 0 Å². The molecule has 6 heteroatoms. The van der Waals surface area contributed by atoms with Crippen molar-refractivity contribution < 1.29 is 14.5 Å². The summed E-state index contributed by atoms with van der Waals surface area (Å²) in [5.41, 5.74) is 1.07. The van der Waals surface area contributed by atoms with E-state index in [4.69, 9.17) is 4.74 Å². The normalized spacial score (nSPS) is 17.5. The van der Waals surface area contributed by atoms with Crippen molar-refractivity contribution in [1.29, 1.82) is 0 Å². The number of carbonyl (C=O) groups excluding carboxylic acids is 1. The van der Waals surface area contributed by atoms with Gasteiger partial charge < -0.3 is 10.1 Å². The van der Waals surface area contributed by atoms with Gasteiger partial charge in [0.2, 0.25) is 0 Å². The van der Waals surface area contributed by atoms with Gasteiger partial charge in [-0.05, 0) is 31.9 Å². The summed E-state index contributed by atoms with van der Waals surface area (Å²) in [5, 5.41) is 14.0. The highest BCUT2D eigenvalue weighted by Gasteiger charge is 2.41. The van der Waals surface area contributed by atoms with Crippen molar-refractivity contribution in [3.05, 3.63) is 33.9 Å². The van der Waals surface area contributed by atoms with Crippen molar-refractivity contribution in [1.82, 2.24) is 0 Å². The number of fused-ring (bicyclic) bond motifs is 1. The number of anilines is 1. The van der Waals surface area contributed by atoms with Crippen molar-refractivity contribution >= 4 is 17.3 Å². The minimum Gasteiger partial charge on any atom is -0.469 e. The Hall–Kier alpha value is -2.11. The SMILES string of the molecule is COC(=O)C(C)(C)C1Cc2cc([N+](=O)[O-])ccc2N1. The number of hydrogen-bond donors (Lipinski definition) is 1.